The summed E-state index contributed by atoms with van der Waals surface area (Å²) < 4.78 is 1.96. The fraction of sp³-hybridized carbons (Fsp3) is 0.444. The van der Waals surface area contributed by atoms with E-state index in [-0.39, 0.29) is 12.1 Å². The Morgan fingerprint density at radius 2 is 1.59 bits per heavy atom. The topological polar surface area (TPSA) is 42.3 Å². The molecule has 1 aromatic heterocycles. The number of amides is 1. The van der Waals surface area contributed by atoms with E-state index >= 15 is 0 Å². The number of Topliss-reactive ketones (excluding diaryl/α,β-unsaturated/α-hetero) is 1. The van der Waals surface area contributed by atoms with E-state index in [9.17, 15) is 9.59 Å². The van der Waals surface area contributed by atoms with Crippen LogP contribution in [0.25, 0.3) is 10.9 Å². The lowest BCUT2D eigenvalue weighted by atomic mass is 10.0. The van der Waals surface area contributed by atoms with Crippen LogP contribution in [0.3, 0.4) is 0 Å². The van der Waals surface area contributed by atoms with Gasteiger partial charge in [-0.25, -0.2) is 0 Å². The summed E-state index contributed by atoms with van der Waals surface area (Å²) in [4.78, 5) is 27.2. The molecule has 0 aliphatic carbocycles. The Morgan fingerprint density at radius 1 is 1.05 bits per heavy atom. The molecule has 2 rings (SSSR count). The molecule has 4 heteroatoms. The minimum absolute atomic E-state index is 0.00766. The highest BCUT2D eigenvalue weighted by Gasteiger charge is 2.30. The lowest BCUT2D eigenvalue weighted by Crippen LogP contribution is -2.45. The number of hydrogen-bond donors (Lipinski definition) is 0. The highest BCUT2D eigenvalue weighted by atomic mass is 16.2. The van der Waals surface area contributed by atoms with E-state index in [0.29, 0.717) is 5.56 Å². The van der Waals surface area contributed by atoms with Crippen molar-refractivity contribution >= 4 is 22.6 Å². The van der Waals surface area contributed by atoms with E-state index in [2.05, 4.69) is 0 Å². The molecule has 2 aromatic rings. The second-order valence-electron chi connectivity index (χ2n) is 6.27. The Bertz CT molecular complexity index is 718. The van der Waals surface area contributed by atoms with Crippen molar-refractivity contribution in [1.29, 1.82) is 0 Å². The molecule has 0 N–H and O–H groups in total. The molecular weight excluding hydrogens is 276 g/mol. The van der Waals surface area contributed by atoms with Crippen LogP contribution in [0, 0.1) is 6.92 Å². The Balaban J connectivity index is 2.55. The monoisotopic (exact) mass is 300 g/mol. The molecule has 4 nitrogen and oxygen atoms in total. The maximum Gasteiger partial charge on any atom is 0.295 e. The zero-order valence-corrected chi connectivity index (χ0v) is 14.2. The minimum atomic E-state index is -0.426. The molecule has 0 aliphatic rings. The molecule has 0 saturated carbocycles. The average molecular weight is 300 g/mol. The van der Waals surface area contributed by atoms with Crippen molar-refractivity contribution in [2.75, 3.05) is 0 Å². The summed E-state index contributed by atoms with van der Waals surface area (Å²) in [6.45, 7) is 9.61. The number of rotatable bonds is 4. The first-order valence-corrected chi connectivity index (χ1v) is 7.68. The number of carbonyl (C=O) groups is 2. The number of fused-ring (bicyclic) bond motifs is 1. The zero-order valence-electron chi connectivity index (χ0n) is 14.2. The predicted molar refractivity (Wildman–Crippen MR) is 89.1 cm³/mol. The van der Waals surface area contributed by atoms with Crippen LogP contribution in [0.1, 0.15) is 43.7 Å². The molecule has 0 atom stereocenters. The van der Waals surface area contributed by atoms with Gasteiger partial charge in [0.2, 0.25) is 0 Å². The molecule has 1 aromatic carbocycles. The number of ketones is 1. The maximum atomic E-state index is 12.8. The van der Waals surface area contributed by atoms with Crippen molar-refractivity contribution in [2.45, 2.75) is 46.7 Å². The summed E-state index contributed by atoms with van der Waals surface area (Å²) in [7, 11) is 1.92. The fourth-order valence-corrected chi connectivity index (χ4v) is 3.10. The van der Waals surface area contributed by atoms with Crippen LogP contribution in [0.4, 0.5) is 0 Å². The number of hydrogen-bond acceptors (Lipinski definition) is 2. The standard InChI is InChI=1S/C18H24N2O2/c1-11(2)20(12(3)4)18(22)17(21)16-13(5)19(6)15-10-8-7-9-14(15)16/h7-12H,1-6H3. The molecule has 1 heterocycles. The van der Waals surface area contributed by atoms with Gasteiger partial charge in [0.1, 0.15) is 0 Å². The van der Waals surface area contributed by atoms with Crippen molar-refractivity contribution in [1.82, 2.24) is 9.47 Å². The van der Waals surface area contributed by atoms with Gasteiger partial charge in [0.15, 0.2) is 0 Å². The van der Waals surface area contributed by atoms with Gasteiger partial charge >= 0.3 is 0 Å². The van der Waals surface area contributed by atoms with Crippen molar-refractivity contribution < 1.29 is 9.59 Å². The highest BCUT2D eigenvalue weighted by molar-refractivity contribution is 6.45. The van der Waals surface area contributed by atoms with Gasteiger partial charge in [-0.15, -0.1) is 0 Å². The summed E-state index contributed by atoms with van der Waals surface area (Å²) in [6, 6.07) is 7.68. The zero-order chi connectivity index (χ0) is 16.6. The van der Waals surface area contributed by atoms with E-state index in [0.717, 1.165) is 16.6 Å². The quantitative estimate of drug-likeness (QED) is 0.642. The van der Waals surface area contributed by atoms with Gasteiger partial charge in [-0.2, -0.15) is 0 Å². The van der Waals surface area contributed by atoms with E-state index in [1.807, 2.05) is 70.5 Å². The lowest BCUT2D eigenvalue weighted by Gasteiger charge is -2.30. The summed E-state index contributed by atoms with van der Waals surface area (Å²) >= 11 is 0. The van der Waals surface area contributed by atoms with Crippen LogP contribution in [-0.2, 0) is 11.8 Å². The van der Waals surface area contributed by atoms with Gasteiger partial charge in [0.25, 0.3) is 11.7 Å². The van der Waals surface area contributed by atoms with Crippen molar-refractivity contribution in [2.24, 2.45) is 7.05 Å². The van der Waals surface area contributed by atoms with Crippen LogP contribution in [-0.4, -0.2) is 33.2 Å². The van der Waals surface area contributed by atoms with Crippen molar-refractivity contribution in [3.63, 3.8) is 0 Å². The smallest absolute Gasteiger partial charge is 0.295 e. The maximum absolute atomic E-state index is 12.8. The van der Waals surface area contributed by atoms with Gasteiger partial charge in [0, 0.05) is 35.7 Å². The third-order valence-corrected chi connectivity index (χ3v) is 4.17. The van der Waals surface area contributed by atoms with Crippen LogP contribution in [0.15, 0.2) is 24.3 Å². The van der Waals surface area contributed by atoms with Gasteiger partial charge in [-0.05, 0) is 40.7 Å². The highest BCUT2D eigenvalue weighted by Crippen LogP contribution is 2.26. The van der Waals surface area contributed by atoms with Crippen molar-refractivity contribution in [3.05, 3.63) is 35.5 Å². The summed E-state index contributed by atoms with van der Waals surface area (Å²) in [5, 5.41) is 0.841. The number of nitrogens with zero attached hydrogens (tertiary/aromatic N) is 2. The van der Waals surface area contributed by atoms with Crippen molar-refractivity contribution in [3.8, 4) is 0 Å². The molecule has 0 spiro atoms. The van der Waals surface area contributed by atoms with Crippen LogP contribution in [0.2, 0.25) is 0 Å². The average Bonchev–Trinajstić information content (AvgIpc) is 2.70. The third kappa shape index (κ3) is 2.54. The predicted octanol–water partition coefficient (Wildman–Crippen LogP) is 3.31. The molecule has 0 unspecified atom stereocenters. The normalized spacial score (nSPS) is 11.5. The van der Waals surface area contributed by atoms with Gasteiger partial charge in [0.05, 0.1) is 5.56 Å². The number of para-hydroxylation sites is 1. The van der Waals surface area contributed by atoms with Crippen LogP contribution < -0.4 is 0 Å². The lowest BCUT2D eigenvalue weighted by molar-refractivity contribution is -0.129. The molecule has 0 fully saturated rings. The first-order chi connectivity index (χ1) is 10.3. The van der Waals surface area contributed by atoms with E-state index in [1.54, 1.807) is 4.90 Å². The number of carbonyl (C=O) groups excluding carboxylic acids is 2. The molecule has 1 amide bonds. The van der Waals surface area contributed by atoms with Crippen LogP contribution in [0.5, 0.6) is 0 Å². The number of benzene rings is 1. The van der Waals surface area contributed by atoms with Crippen LogP contribution >= 0.6 is 0 Å². The molecule has 0 saturated heterocycles. The Morgan fingerprint density at radius 3 is 2.14 bits per heavy atom. The summed E-state index contributed by atoms with van der Waals surface area (Å²) in [5.41, 5.74) is 2.32. The fourth-order valence-electron chi connectivity index (χ4n) is 3.10. The van der Waals surface area contributed by atoms with Gasteiger partial charge in [-0.3, -0.25) is 9.59 Å². The Labute approximate surface area is 131 Å². The number of aryl methyl sites for hydroxylation is 1. The molecular formula is C18H24N2O2. The van der Waals surface area contributed by atoms with E-state index in [1.165, 1.54) is 0 Å². The number of aromatic nitrogens is 1. The van der Waals surface area contributed by atoms with E-state index < -0.39 is 11.7 Å². The second kappa shape index (κ2) is 5.95. The van der Waals surface area contributed by atoms with E-state index in [4.69, 9.17) is 0 Å². The Kier molecular flexibility index (Phi) is 4.40. The van der Waals surface area contributed by atoms with Gasteiger partial charge in [-0.1, -0.05) is 18.2 Å². The Hall–Kier alpha value is -2.10. The largest absolute Gasteiger partial charge is 0.347 e. The molecule has 118 valence electrons. The molecule has 0 radical (unpaired) electrons. The second-order valence-corrected chi connectivity index (χ2v) is 6.27. The SMILES string of the molecule is Cc1c(C(=O)C(=O)N(C(C)C)C(C)C)c2ccccc2n1C. The first kappa shape index (κ1) is 16.3. The molecule has 0 bridgehead atoms. The summed E-state index contributed by atoms with van der Waals surface area (Å²) in [5.74, 6) is -0.846. The third-order valence-electron chi connectivity index (χ3n) is 4.17. The molecule has 22 heavy (non-hydrogen) atoms. The van der Waals surface area contributed by atoms with Gasteiger partial charge < -0.3 is 9.47 Å². The first-order valence-electron chi connectivity index (χ1n) is 7.68. The molecule has 0 aliphatic heterocycles. The summed E-state index contributed by atoms with van der Waals surface area (Å²) in [6.07, 6.45) is 0. The minimum Gasteiger partial charge on any atom is -0.347 e.